The Labute approximate surface area is 91.2 Å². The number of hydrogen-bond donors (Lipinski definition) is 1. The summed E-state index contributed by atoms with van der Waals surface area (Å²) < 4.78 is 0. The molecule has 2 saturated heterocycles. The van der Waals surface area contributed by atoms with Gasteiger partial charge >= 0.3 is 0 Å². The number of carbonyl (C=O) groups excluding carboxylic acids is 1. The Morgan fingerprint density at radius 3 is 2.40 bits per heavy atom. The van der Waals surface area contributed by atoms with Crippen LogP contribution in [0.2, 0.25) is 0 Å². The molecular weight excluding hydrogens is 188 g/mol. The Balaban J connectivity index is 1.49. The van der Waals surface area contributed by atoms with Crippen LogP contribution < -0.4 is 5.32 Å². The van der Waals surface area contributed by atoms with Gasteiger partial charge in [0.25, 0.3) is 0 Å². The fourth-order valence-electron chi connectivity index (χ4n) is 2.76. The average molecular weight is 208 g/mol. The first-order chi connectivity index (χ1) is 7.27. The highest BCUT2D eigenvalue weighted by molar-refractivity contribution is 5.76. The van der Waals surface area contributed by atoms with Crippen LogP contribution in [0.25, 0.3) is 0 Å². The molecule has 3 rings (SSSR count). The van der Waals surface area contributed by atoms with Crippen molar-refractivity contribution >= 4 is 5.91 Å². The summed E-state index contributed by atoms with van der Waals surface area (Å²) >= 11 is 0. The second-order valence-corrected chi connectivity index (χ2v) is 5.63. The van der Waals surface area contributed by atoms with Gasteiger partial charge in [0.2, 0.25) is 5.91 Å². The lowest BCUT2D eigenvalue weighted by Crippen LogP contribution is -2.58. The van der Waals surface area contributed by atoms with Gasteiger partial charge in [-0.2, -0.15) is 0 Å². The van der Waals surface area contributed by atoms with E-state index in [0.29, 0.717) is 11.3 Å². The van der Waals surface area contributed by atoms with Crippen molar-refractivity contribution in [3.8, 4) is 0 Å². The fraction of sp³-hybridized carbons (Fsp3) is 0.917. The molecule has 1 aliphatic carbocycles. The minimum Gasteiger partial charge on any atom is -0.343 e. The molecule has 0 radical (unpaired) electrons. The maximum absolute atomic E-state index is 11.9. The molecule has 84 valence electrons. The zero-order chi connectivity index (χ0) is 10.3. The van der Waals surface area contributed by atoms with E-state index in [1.54, 1.807) is 0 Å². The van der Waals surface area contributed by atoms with E-state index in [0.717, 1.165) is 25.4 Å². The summed E-state index contributed by atoms with van der Waals surface area (Å²) in [5.41, 5.74) is 0.566. The van der Waals surface area contributed by atoms with Crippen LogP contribution in [0.1, 0.15) is 32.1 Å². The highest BCUT2D eigenvalue weighted by Gasteiger charge is 2.40. The van der Waals surface area contributed by atoms with Gasteiger partial charge in [0.05, 0.1) is 0 Å². The summed E-state index contributed by atoms with van der Waals surface area (Å²) in [7, 11) is 0. The molecule has 0 atom stereocenters. The van der Waals surface area contributed by atoms with Gasteiger partial charge in [0.15, 0.2) is 0 Å². The topological polar surface area (TPSA) is 32.3 Å². The van der Waals surface area contributed by atoms with Crippen molar-refractivity contribution < 1.29 is 4.79 Å². The van der Waals surface area contributed by atoms with Crippen LogP contribution in [0.3, 0.4) is 0 Å². The Bertz CT molecular complexity index is 259. The predicted molar refractivity (Wildman–Crippen MR) is 58.5 cm³/mol. The van der Waals surface area contributed by atoms with Crippen molar-refractivity contribution in [2.45, 2.75) is 32.1 Å². The third-order valence-corrected chi connectivity index (χ3v) is 4.34. The summed E-state index contributed by atoms with van der Waals surface area (Å²) in [5, 5.41) is 3.35. The van der Waals surface area contributed by atoms with E-state index in [4.69, 9.17) is 0 Å². The monoisotopic (exact) mass is 208 g/mol. The lowest BCUT2D eigenvalue weighted by molar-refractivity contribution is -0.134. The van der Waals surface area contributed by atoms with E-state index in [-0.39, 0.29) is 0 Å². The molecule has 0 aromatic carbocycles. The van der Waals surface area contributed by atoms with E-state index in [9.17, 15) is 4.79 Å². The number of carbonyl (C=O) groups is 1. The van der Waals surface area contributed by atoms with Crippen molar-refractivity contribution in [1.82, 2.24) is 10.2 Å². The Morgan fingerprint density at radius 1 is 1.27 bits per heavy atom. The first-order valence-electron chi connectivity index (χ1n) is 6.26. The van der Waals surface area contributed by atoms with Crippen LogP contribution >= 0.6 is 0 Å². The lowest BCUT2D eigenvalue weighted by Gasteiger charge is -2.48. The van der Waals surface area contributed by atoms with Crippen LogP contribution in [-0.4, -0.2) is 37.0 Å². The summed E-state index contributed by atoms with van der Waals surface area (Å²) in [4.78, 5) is 14.0. The normalized spacial score (nSPS) is 28.9. The quantitative estimate of drug-likeness (QED) is 0.734. The van der Waals surface area contributed by atoms with Crippen molar-refractivity contribution in [3.05, 3.63) is 0 Å². The summed E-state index contributed by atoms with van der Waals surface area (Å²) in [6.45, 7) is 4.37. The fourth-order valence-corrected chi connectivity index (χ4v) is 2.76. The van der Waals surface area contributed by atoms with Gasteiger partial charge in [-0.1, -0.05) is 0 Å². The molecular formula is C12H20N2O. The third kappa shape index (κ3) is 1.89. The maximum atomic E-state index is 11.9. The molecule has 1 spiro atoms. The van der Waals surface area contributed by atoms with Crippen LogP contribution in [0, 0.1) is 11.3 Å². The van der Waals surface area contributed by atoms with Crippen LogP contribution in [-0.2, 0) is 4.79 Å². The van der Waals surface area contributed by atoms with Crippen LogP contribution in [0.4, 0.5) is 0 Å². The summed E-state index contributed by atoms with van der Waals surface area (Å²) in [6.07, 6.45) is 5.83. The molecule has 3 fully saturated rings. The molecule has 0 unspecified atom stereocenters. The zero-order valence-electron chi connectivity index (χ0n) is 9.30. The van der Waals surface area contributed by atoms with Gasteiger partial charge in [0, 0.05) is 32.6 Å². The second kappa shape index (κ2) is 3.48. The van der Waals surface area contributed by atoms with Crippen molar-refractivity contribution in [2.75, 3.05) is 26.2 Å². The molecule has 3 heteroatoms. The molecule has 1 N–H and O–H groups in total. The predicted octanol–water partition coefficient (Wildman–Crippen LogP) is 0.998. The lowest BCUT2D eigenvalue weighted by atomic mass is 9.73. The third-order valence-electron chi connectivity index (χ3n) is 4.34. The molecule has 1 saturated carbocycles. The highest BCUT2D eigenvalue weighted by atomic mass is 16.2. The molecule has 2 aliphatic heterocycles. The molecule has 3 nitrogen and oxygen atoms in total. The van der Waals surface area contributed by atoms with Gasteiger partial charge in [-0.05, 0) is 37.0 Å². The van der Waals surface area contributed by atoms with Crippen molar-refractivity contribution in [1.29, 1.82) is 0 Å². The summed E-state index contributed by atoms with van der Waals surface area (Å²) in [6, 6.07) is 0. The zero-order valence-corrected chi connectivity index (χ0v) is 9.30. The van der Waals surface area contributed by atoms with Crippen LogP contribution in [0.15, 0.2) is 0 Å². The smallest absolute Gasteiger partial charge is 0.222 e. The Kier molecular flexibility index (Phi) is 2.23. The molecule has 0 aromatic rings. The molecule has 0 aromatic heterocycles. The van der Waals surface area contributed by atoms with Gasteiger partial charge in [0.1, 0.15) is 0 Å². The number of amides is 1. The van der Waals surface area contributed by atoms with Gasteiger partial charge in [-0.15, -0.1) is 0 Å². The van der Waals surface area contributed by atoms with E-state index in [1.807, 2.05) is 0 Å². The number of nitrogens with one attached hydrogen (secondary N) is 1. The van der Waals surface area contributed by atoms with Crippen LogP contribution in [0.5, 0.6) is 0 Å². The minimum absolute atomic E-state index is 0.416. The second-order valence-electron chi connectivity index (χ2n) is 5.63. The van der Waals surface area contributed by atoms with Crippen molar-refractivity contribution in [3.63, 3.8) is 0 Å². The van der Waals surface area contributed by atoms with E-state index in [1.165, 1.54) is 38.8 Å². The van der Waals surface area contributed by atoms with Crippen molar-refractivity contribution in [2.24, 2.45) is 11.3 Å². The average Bonchev–Trinajstić information content (AvgIpc) is 2.99. The number of piperidine rings is 1. The largest absolute Gasteiger partial charge is 0.343 e. The molecule has 1 amide bonds. The number of hydrogen-bond acceptors (Lipinski definition) is 2. The number of likely N-dealkylation sites (tertiary alicyclic amines) is 1. The van der Waals surface area contributed by atoms with Gasteiger partial charge in [-0.3, -0.25) is 4.79 Å². The Morgan fingerprint density at radius 2 is 1.93 bits per heavy atom. The van der Waals surface area contributed by atoms with E-state index >= 15 is 0 Å². The standard InChI is InChI=1S/C12H20N2O/c15-11(7-10-1-2-10)14-5-3-12(4-6-14)8-13-9-12/h10,13H,1-9H2. The molecule has 0 bridgehead atoms. The molecule has 15 heavy (non-hydrogen) atoms. The van der Waals surface area contributed by atoms with Gasteiger partial charge in [-0.25, -0.2) is 0 Å². The number of rotatable bonds is 2. The first-order valence-corrected chi connectivity index (χ1v) is 6.26. The molecule has 2 heterocycles. The SMILES string of the molecule is O=C(CC1CC1)N1CCC2(CC1)CNC2. The number of nitrogens with zero attached hydrogens (tertiary/aromatic N) is 1. The Hall–Kier alpha value is -0.570. The van der Waals surface area contributed by atoms with E-state index in [2.05, 4.69) is 10.2 Å². The molecule has 3 aliphatic rings. The van der Waals surface area contributed by atoms with E-state index < -0.39 is 0 Å². The highest BCUT2D eigenvalue weighted by Crippen LogP contribution is 2.37. The minimum atomic E-state index is 0.416. The summed E-state index contributed by atoms with van der Waals surface area (Å²) in [5.74, 6) is 1.15. The van der Waals surface area contributed by atoms with Gasteiger partial charge < -0.3 is 10.2 Å². The maximum Gasteiger partial charge on any atom is 0.222 e. The first kappa shape index (κ1) is 9.64.